The van der Waals surface area contributed by atoms with Crippen molar-refractivity contribution >= 4 is 5.57 Å². The van der Waals surface area contributed by atoms with Crippen LogP contribution in [0.25, 0.3) is 5.57 Å². The van der Waals surface area contributed by atoms with Crippen molar-refractivity contribution in [2.45, 2.75) is 123 Å². The Morgan fingerprint density at radius 3 is 1.84 bits per heavy atom. The van der Waals surface area contributed by atoms with Gasteiger partial charge in [0.05, 0.1) is 5.56 Å². The van der Waals surface area contributed by atoms with Crippen molar-refractivity contribution in [3.8, 4) is 0 Å². The van der Waals surface area contributed by atoms with Crippen molar-refractivity contribution in [2.75, 3.05) is 0 Å². The molecule has 6 rings (SSSR count). The predicted molar refractivity (Wildman–Crippen MR) is 162 cm³/mol. The number of fused-ring (bicyclic) bond motifs is 3. The Bertz CT molecular complexity index is 1670. The number of hydrogen-bond acceptors (Lipinski definition) is 2. The highest BCUT2D eigenvalue weighted by Crippen LogP contribution is 2.53. The molecule has 0 atom stereocenters. The molecule has 0 saturated heterocycles. The molecular formula is C34H39F11N4. The third-order valence-corrected chi connectivity index (χ3v) is 8.65. The molecule has 272 valence electrons. The Balaban J connectivity index is 0.000000169. The summed E-state index contributed by atoms with van der Waals surface area (Å²) in [5.41, 5.74) is -0.747. The normalized spacial score (nSPS) is 17.9. The van der Waals surface area contributed by atoms with Crippen LogP contribution in [-0.2, 0) is 43.5 Å². The largest absolute Gasteiger partial charge is 0.435 e. The molecule has 0 N–H and O–H groups in total. The number of nitrogens with zero attached hydrogens (tertiary/aromatic N) is 4. The van der Waals surface area contributed by atoms with E-state index in [-0.39, 0.29) is 11.9 Å². The van der Waals surface area contributed by atoms with Gasteiger partial charge in [-0.25, -0.2) is 13.2 Å². The first-order chi connectivity index (χ1) is 22.5. The van der Waals surface area contributed by atoms with Crippen molar-refractivity contribution in [3.63, 3.8) is 0 Å². The highest BCUT2D eigenvalue weighted by molar-refractivity contribution is 5.74. The molecule has 3 aliphatic rings. The third kappa shape index (κ3) is 8.00. The fraction of sp³-hybridized carbons (Fsp3) is 0.588. The minimum Gasteiger partial charge on any atom is -0.266 e. The number of halogens is 11. The van der Waals surface area contributed by atoms with Crippen LogP contribution < -0.4 is 0 Å². The molecule has 0 spiro atoms. The van der Waals surface area contributed by atoms with Gasteiger partial charge < -0.3 is 0 Å². The molecule has 0 radical (unpaired) electrons. The van der Waals surface area contributed by atoms with E-state index in [2.05, 4.69) is 30.1 Å². The summed E-state index contributed by atoms with van der Waals surface area (Å²) in [4.78, 5) is 0. The fourth-order valence-corrected chi connectivity index (χ4v) is 6.41. The summed E-state index contributed by atoms with van der Waals surface area (Å²) >= 11 is 0. The molecule has 0 saturated carbocycles. The number of rotatable bonds is 3. The van der Waals surface area contributed by atoms with Gasteiger partial charge in [0, 0.05) is 36.2 Å². The van der Waals surface area contributed by atoms with Gasteiger partial charge in [-0.2, -0.15) is 45.3 Å². The zero-order chi connectivity index (χ0) is 36.9. The fourth-order valence-electron chi connectivity index (χ4n) is 6.41. The van der Waals surface area contributed by atoms with Crippen molar-refractivity contribution in [2.24, 2.45) is 5.92 Å². The van der Waals surface area contributed by atoms with Crippen molar-refractivity contribution in [1.29, 1.82) is 0 Å². The molecule has 0 bridgehead atoms. The molecular weight excluding hydrogens is 673 g/mol. The average molecular weight is 713 g/mol. The lowest BCUT2D eigenvalue weighted by Crippen LogP contribution is -2.33. The van der Waals surface area contributed by atoms with E-state index in [1.54, 1.807) is 6.07 Å². The monoisotopic (exact) mass is 712 g/mol. The van der Waals surface area contributed by atoms with Crippen LogP contribution >= 0.6 is 0 Å². The molecule has 4 nitrogen and oxygen atoms in total. The molecule has 2 aromatic heterocycles. The molecule has 0 fully saturated rings. The molecule has 0 amide bonds. The second-order valence-electron chi connectivity index (χ2n) is 13.4. The zero-order valence-electron chi connectivity index (χ0n) is 27.9. The van der Waals surface area contributed by atoms with E-state index >= 15 is 0 Å². The minimum atomic E-state index is -5.21. The molecule has 15 heteroatoms. The Kier molecular flexibility index (Phi) is 10.8. The smallest absolute Gasteiger partial charge is 0.266 e. The van der Waals surface area contributed by atoms with Gasteiger partial charge >= 0.3 is 12.4 Å². The van der Waals surface area contributed by atoms with Crippen molar-refractivity contribution in [1.82, 2.24) is 19.6 Å². The number of alkyl halides is 10. The highest BCUT2D eigenvalue weighted by Gasteiger charge is 2.57. The van der Waals surface area contributed by atoms with E-state index in [1.165, 1.54) is 35.7 Å². The van der Waals surface area contributed by atoms with Crippen LogP contribution in [0.5, 0.6) is 0 Å². The molecule has 1 aromatic carbocycles. The molecule has 49 heavy (non-hydrogen) atoms. The second kappa shape index (κ2) is 13.7. The van der Waals surface area contributed by atoms with Gasteiger partial charge in [-0.1, -0.05) is 26.0 Å². The van der Waals surface area contributed by atoms with Gasteiger partial charge in [-0.15, -0.1) is 0 Å². The van der Waals surface area contributed by atoms with E-state index in [1.807, 2.05) is 19.9 Å². The van der Waals surface area contributed by atoms with Crippen LogP contribution in [0.4, 0.5) is 48.3 Å². The van der Waals surface area contributed by atoms with Gasteiger partial charge in [-0.05, 0) is 94.5 Å². The first-order valence-electron chi connectivity index (χ1n) is 16.1. The lowest BCUT2D eigenvalue weighted by molar-refractivity contribution is -0.149. The second-order valence-corrected chi connectivity index (χ2v) is 13.4. The summed E-state index contributed by atoms with van der Waals surface area (Å²) in [6, 6.07) is 4.17. The van der Waals surface area contributed by atoms with E-state index in [0.29, 0.717) is 22.6 Å². The Morgan fingerprint density at radius 1 is 0.735 bits per heavy atom. The number of allylic oxidation sites excluding steroid dienone is 2. The molecule has 3 aliphatic carbocycles. The standard InChI is InChI=1S/C12H13F.C11H11F7N2.C11H15F3N2/c1-8(2)11-6-4-9-3-5-10(13)7-12(9)11;1-5(2)20-8-6(7(19-20)11(16,17)18)9(12,13)3-4-10(8,14)15;1-7(2)16-9-6-4-3-5-8(9)10(15-16)11(12,13)14/h3,5-8H,4H2,1-2H3;5H,3-4H2,1-2H3;7H,3-6H2,1-2H3. The lowest BCUT2D eigenvalue weighted by atomic mass is 9.89. The summed E-state index contributed by atoms with van der Waals surface area (Å²) in [6.45, 7) is 10.6. The first-order valence-corrected chi connectivity index (χ1v) is 16.1. The summed E-state index contributed by atoms with van der Waals surface area (Å²) in [7, 11) is 0. The number of aromatic nitrogens is 4. The maximum atomic E-state index is 13.8. The summed E-state index contributed by atoms with van der Waals surface area (Å²) in [5.74, 6) is -7.36. The molecule has 0 aliphatic heterocycles. The Hall–Kier alpha value is -3.39. The maximum absolute atomic E-state index is 13.8. The molecule has 0 unspecified atom stereocenters. The first kappa shape index (κ1) is 38.4. The van der Waals surface area contributed by atoms with Gasteiger partial charge in [0.1, 0.15) is 11.5 Å². The zero-order valence-corrected chi connectivity index (χ0v) is 27.9. The van der Waals surface area contributed by atoms with Gasteiger partial charge in [-0.3, -0.25) is 9.36 Å². The van der Waals surface area contributed by atoms with Crippen LogP contribution in [0.15, 0.2) is 24.3 Å². The lowest BCUT2D eigenvalue weighted by Gasteiger charge is -2.30. The predicted octanol–water partition coefficient (Wildman–Crippen LogP) is 11.2. The van der Waals surface area contributed by atoms with E-state index < -0.39 is 65.7 Å². The summed E-state index contributed by atoms with van der Waals surface area (Å²) in [6.07, 6.45) is -5.88. The van der Waals surface area contributed by atoms with Crippen molar-refractivity contribution in [3.05, 3.63) is 75.1 Å². The minimum absolute atomic E-state index is 0.0112. The number of hydrogen-bond donors (Lipinski definition) is 0. The van der Waals surface area contributed by atoms with Crippen LogP contribution in [0, 0.1) is 11.7 Å². The van der Waals surface area contributed by atoms with E-state index in [0.717, 1.165) is 36.9 Å². The van der Waals surface area contributed by atoms with Crippen LogP contribution in [0.3, 0.4) is 0 Å². The Morgan fingerprint density at radius 2 is 1.29 bits per heavy atom. The maximum Gasteiger partial charge on any atom is 0.435 e. The third-order valence-electron chi connectivity index (χ3n) is 8.65. The average Bonchev–Trinajstić information content (AvgIpc) is 3.70. The quantitative estimate of drug-likeness (QED) is 0.254. The van der Waals surface area contributed by atoms with Gasteiger partial charge in [0.2, 0.25) is 0 Å². The highest BCUT2D eigenvalue weighted by atomic mass is 19.4. The van der Waals surface area contributed by atoms with Crippen LogP contribution in [0.1, 0.15) is 124 Å². The van der Waals surface area contributed by atoms with E-state index in [4.69, 9.17) is 0 Å². The summed E-state index contributed by atoms with van der Waals surface area (Å²) < 4.78 is 147. The van der Waals surface area contributed by atoms with Gasteiger partial charge in [0.25, 0.3) is 11.8 Å². The van der Waals surface area contributed by atoms with Crippen molar-refractivity contribution < 1.29 is 48.3 Å². The topological polar surface area (TPSA) is 35.6 Å². The number of benzene rings is 1. The SMILES string of the molecule is CC(C)C1=CCc2ccc(F)cc21.CC(C)n1nc(C(F)(F)F)c2c1C(F)(F)CCC2(F)F.CC(C)n1nc(C(F)(F)F)c2c1CCCC2. The van der Waals surface area contributed by atoms with E-state index in [9.17, 15) is 48.3 Å². The van der Waals surface area contributed by atoms with Gasteiger partial charge in [0.15, 0.2) is 11.4 Å². The van der Waals surface area contributed by atoms with Crippen LogP contribution in [0.2, 0.25) is 0 Å². The summed E-state index contributed by atoms with van der Waals surface area (Å²) in [5, 5.41) is 6.74. The van der Waals surface area contributed by atoms with Crippen LogP contribution in [-0.4, -0.2) is 19.6 Å². The molecule has 3 aromatic rings. The molecule has 2 heterocycles. The Labute approximate surface area is 277 Å².